The molecule has 4 heterocycles. The first-order valence-electron chi connectivity index (χ1n) is 11.3. The molecule has 33 heavy (non-hydrogen) atoms. The molecule has 176 valence electrons. The summed E-state index contributed by atoms with van der Waals surface area (Å²) in [6.45, 7) is 6.21. The quantitative estimate of drug-likeness (QED) is 0.670. The molecule has 1 fully saturated rings. The van der Waals surface area contributed by atoms with E-state index < -0.39 is 24.6 Å². The Morgan fingerprint density at radius 1 is 1.33 bits per heavy atom. The van der Waals surface area contributed by atoms with Gasteiger partial charge in [-0.05, 0) is 49.0 Å². The molecule has 0 radical (unpaired) electrons. The van der Waals surface area contributed by atoms with Crippen LogP contribution < -0.4 is 10.4 Å². The molecule has 4 rings (SSSR count). The molecule has 0 bridgehead atoms. The number of piperidine rings is 1. The number of amides is 1. The standard InChI is InChI=1S/C24H29F2N5O2/c1-3-16(2)22(32)31-11-7-19(13-20(31)27)30-10-4-6-17-12-18(14-28-21(17)30)23(33)29-9-5-8-24(25,26)15-29/h7,11-14,22,27,32H,2-6,8-10,15H2,1H3. The Balaban J connectivity index is 1.59. The van der Waals surface area contributed by atoms with Crippen molar-refractivity contribution in [1.29, 1.82) is 5.41 Å². The molecule has 2 aromatic rings. The van der Waals surface area contributed by atoms with E-state index in [1.807, 2.05) is 17.9 Å². The van der Waals surface area contributed by atoms with Crippen LogP contribution in [0.2, 0.25) is 0 Å². The van der Waals surface area contributed by atoms with Crippen LogP contribution >= 0.6 is 0 Å². The number of rotatable bonds is 5. The predicted octanol–water partition coefficient (Wildman–Crippen LogP) is 3.78. The molecule has 2 aromatic heterocycles. The smallest absolute Gasteiger partial charge is 0.265 e. The molecule has 1 amide bonds. The Labute approximate surface area is 191 Å². The van der Waals surface area contributed by atoms with Crippen molar-refractivity contribution in [2.75, 3.05) is 24.5 Å². The Morgan fingerprint density at radius 2 is 2.12 bits per heavy atom. The second-order valence-electron chi connectivity index (χ2n) is 8.71. The average Bonchev–Trinajstić information content (AvgIpc) is 2.81. The van der Waals surface area contributed by atoms with E-state index >= 15 is 0 Å². The number of aliphatic hydroxyl groups excluding tert-OH is 1. The number of anilines is 2. The fourth-order valence-electron chi connectivity index (χ4n) is 4.41. The number of carbonyl (C=O) groups is 1. The maximum atomic E-state index is 13.8. The van der Waals surface area contributed by atoms with Crippen molar-refractivity contribution >= 4 is 17.4 Å². The Kier molecular flexibility index (Phi) is 6.34. The third-order valence-electron chi connectivity index (χ3n) is 6.32. The van der Waals surface area contributed by atoms with Gasteiger partial charge in [-0.1, -0.05) is 13.5 Å². The van der Waals surface area contributed by atoms with E-state index in [0.717, 1.165) is 24.1 Å². The summed E-state index contributed by atoms with van der Waals surface area (Å²) in [5.74, 6) is -2.57. The van der Waals surface area contributed by atoms with E-state index in [-0.39, 0.29) is 18.3 Å². The van der Waals surface area contributed by atoms with Gasteiger partial charge in [-0.3, -0.25) is 10.2 Å². The van der Waals surface area contributed by atoms with Crippen molar-refractivity contribution in [2.45, 2.75) is 51.2 Å². The fraction of sp³-hybridized carbons (Fsp3) is 0.458. The zero-order chi connectivity index (χ0) is 23.8. The zero-order valence-corrected chi connectivity index (χ0v) is 18.7. The minimum absolute atomic E-state index is 0.138. The predicted molar refractivity (Wildman–Crippen MR) is 121 cm³/mol. The number of aromatic nitrogens is 2. The van der Waals surface area contributed by atoms with Crippen molar-refractivity contribution in [3.8, 4) is 0 Å². The molecule has 7 nitrogen and oxygen atoms in total. The summed E-state index contributed by atoms with van der Waals surface area (Å²) in [6, 6.07) is 5.23. The van der Waals surface area contributed by atoms with E-state index in [2.05, 4.69) is 11.6 Å². The van der Waals surface area contributed by atoms with Gasteiger partial charge in [0.15, 0.2) is 6.23 Å². The number of nitrogens with one attached hydrogen (secondary N) is 1. The van der Waals surface area contributed by atoms with E-state index in [1.54, 1.807) is 18.3 Å². The minimum atomic E-state index is -2.85. The number of halogens is 2. The zero-order valence-electron chi connectivity index (χ0n) is 18.7. The molecule has 1 unspecified atom stereocenters. The van der Waals surface area contributed by atoms with Crippen LogP contribution in [0.25, 0.3) is 0 Å². The van der Waals surface area contributed by atoms with Crippen LogP contribution in [0, 0.1) is 5.41 Å². The second-order valence-corrected chi connectivity index (χ2v) is 8.71. The van der Waals surface area contributed by atoms with Gasteiger partial charge in [0.05, 0.1) is 12.1 Å². The highest BCUT2D eigenvalue weighted by molar-refractivity contribution is 5.94. The van der Waals surface area contributed by atoms with Crippen LogP contribution in [-0.4, -0.2) is 51.0 Å². The van der Waals surface area contributed by atoms with Crippen LogP contribution in [0.1, 0.15) is 54.8 Å². The number of hydrogen-bond donors (Lipinski definition) is 2. The molecule has 2 aliphatic rings. The Bertz CT molecular complexity index is 1130. The van der Waals surface area contributed by atoms with Gasteiger partial charge in [-0.25, -0.2) is 13.8 Å². The number of likely N-dealkylation sites (tertiary alicyclic amines) is 1. The normalized spacial score (nSPS) is 18.5. The van der Waals surface area contributed by atoms with Crippen LogP contribution in [0.15, 0.2) is 42.7 Å². The summed E-state index contributed by atoms with van der Waals surface area (Å²) >= 11 is 0. The summed E-state index contributed by atoms with van der Waals surface area (Å²) in [5, 5.41) is 18.7. The lowest BCUT2D eigenvalue weighted by Gasteiger charge is -2.33. The van der Waals surface area contributed by atoms with Crippen LogP contribution in [0.4, 0.5) is 20.3 Å². The maximum absolute atomic E-state index is 13.8. The highest BCUT2D eigenvalue weighted by Gasteiger charge is 2.37. The number of nitrogens with zero attached hydrogens (tertiary/aromatic N) is 4. The van der Waals surface area contributed by atoms with Crippen molar-refractivity contribution in [2.24, 2.45) is 0 Å². The molecule has 0 spiro atoms. The fourth-order valence-corrected chi connectivity index (χ4v) is 4.41. The Hall–Kier alpha value is -3.07. The maximum Gasteiger partial charge on any atom is 0.265 e. The van der Waals surface area contributed by atoms with E-state index in [4.69, 9.17) is 5.41 Å². The number of fused-ring (bicyclic) bond motifs is 1. The summed E-state index contributed by atoms with van der Waals surface area (Å²) in [5.41, 5.74) is 2.71. The summed E-state index contributed by atoms with van der Waals surface area (Å²) in [4.78, 5) is 20.5. The van der Waals surface area contributed by atoms with Crippen LogP contribution in [-0.2, 0) is 6.42 Å². The van der Waals surface area contributed by atoms with Gasteiger partial charge >= 0.3 is 0 Å². The van der Waals surface area contributed by atoms with E-state index in [1.165, 1.54) is 15.7 Å². The summed E-state index contributed by atoms with van der Waals surface area (Å²) < 4.78 is 29.0. The molecule has 0 saturated carbocycles. The lowest BCUT2D eigenvalue weighted by Crippen LogP contribution is -2.45. The number of carbonyl (C=O) groups excluding carboxylic acids is 1. The second kappa shape index (κ2) is 9.05. The SMILES string of the molecule is C=C(CC)C(O)n1ccc(N2CCCc3cc(C(=O)N4CCCC(F)(F)C4)cnc32)cc1=N. The highest BCUT2D eigenvalue weighted by Crippen LogP contribution is 2.33. The first-order valence-corrected chi connectivity index (χ1v) is 11.3. The van der Waals surface area contributed by atoms with E-state index in [9.17, 15) is 18.7 Å². The first kappa shape index (κ1) is 23.1. The van der Waals surface area contributed by atoms with Gasteiger partial charge < -0.3 is 19.5 Å². The van der Waals surface area contributed by atoms with Gasteiger partial charge in [-0.15, -0.1) is 0 Å². The van der Waals surface area contributed by atoms with Gasteiger partial charge in [0.1, 0.15) is 11.3 Å². The van der Waals surface area contributed by atoms with Gasteiger partial charge in [-0.2, -0.15) is 0 Å². The summed E-state index contributed by atoms with van der Waals surface area (Å²) in [7, 11) is 0. The minimum Gasteiger partial charge on any atom is -0.369 e. The third kappa shape index (κ3) is 4.68. The molecular weight excluding hydrogens is 428 g/mol. The lowest BCUT2D eigenvalue weighted by atomic mass is 10.0. The molecule has 2 N–H and O–H groups in total. The number of alkyl halides is 2. The van der Waals surface area contributed by atoms with Crippen molar-refractivity contribution in [1.82, 2.24) is 14.5 Å². The molecule has 0 aliphatic carbocycles. The third-order valence-corrected chi connectivity index (χ3v) is 6.32. The molecule has 9 heteroatoms. The summed E-state index contributed by atoms with van der Waals surface area (Å²) in [6.07, 6.45) is 4.41. The van der Waals surface area contributed by atoms with Gasteiger partial charge in [0.25, 0.3) is 11.8 Å². The molecule has 1 atom stereocenters. The number of hydrogen-bond acceptors (Lipinski definition) is 5. The topological polar surface area (TPSA) is 85.5 Å². The van der Waals surface area contributed by atoms with Crippen LogP contribution in [0.3, 0.4) is 0 Å². The largest absolute Gasteiger partial charge is 0.369 e. The van der Waals surface area contributed by atoms with Crippen LogP contribution in [0.5, 0.6) is 0 Å². The van der Waals surface area contributed by atoms with Gasteiger partial charge in [0.2, 0.25) is 0 Å². The molecular formula is C24H29F2N5O2. The van der Waals surface area contributed by atoms with E-state index in [0.29, 0.717) is 36.5 Å². The molecule has 0 aromatic carbocycles. The number of aliphatic hydroxyl groups is 1. The molecule has 2 aliphatic heterocycles. The number of pyridine rings is 2. The highest BCUT2D eigenvalue weighted by atomic mass is 19.3. The lowest BCUT2D eigenvalue weighted by molar-refractivity contribution is -0.0560. The van der Waals surface area contributed by atoms with Crippen molar-refractivity contribution in [3.63, 3.8) is 0 Å². The van der Waals surface area contributed by atoms with Gasteiger partial charge in [0, 0.05) is 43.7 Å². The average molecular weight is 458 g/mol. The number of aryl methyl sites for hydroxylation is 1. The Morgan fingerprint density at radius 3 is 2.82 bits per heavy atom. The monoisotopic (exact) mass is 457 g/mol. The van der Waals surface area contributed by atoms with Crippen molar-refractivity contribution < 1.29 is 18.7 Å². The molecule has 1 saturated heterocycles. The van der Waals surface area contributed by atoms with Crippen molar-refractivity contribution in [3.05, 3.63) is 59.4 Å². The first-order chi connectivity index (χ1) is 15.7.